The molecule has 4 amide bonds. The Balaban J connectivity index is 0.00000196. The van der Waals surface area contributed by atoms with Gasteiger partial charge < -0.3 is 4.74 Å². The van der Waals surface area contributed by atoms with E-state index in [-0.39, 0.29) is 11.3 Å². The van der Waals surface area contributed by atoms with E-state index in [0.29, 0.717) is 28.3 Å². The van der Waals surface area contributed by atoms with Crippen molar-refractivity contribution in [3.05, 3.63) is 138 Å². The summed E-state index contributed by atoms with van der Waals surface area (Å²) in [7, 11) is 0. The molecule has 4 aromatic carbocycles. The second kappa shape index (κ2) is 13.0. The third-order valence-corrected chi connectivity index (χ3v) is 6.91. The highest BCUT2D eigenvalue weighted by molar-refractivity contribution is 6.29. The third kappa shape index (κ3) is 6.28. The molecular formula is C36H26N2O7. The first-order valence-corrected chi connectivity index (χ1v) is 14.1. The molecule has 0 radical (unpaired) electrons. The molecule has 4 aromatic rings. The molecule has 0 unspecified atom stereocenters. The zero-order chi connectivity index (χ0) is 32.1. The lowest BCUT2D eigenvalue weighted by Crippen LogP contribution is -2.29. The van der Waals surface area contributed by atoms with Crippen molar-refractivity contribution in [2.75, 3.05) is 9.80 Å². The molecule has 0 saturated heterocycles. The summed E-state index contributed by atoms with van der Waals surface area (Å²) in [5.41, 5.74) is 3.58. The van der Waals surface area contributed by atoms with Crippen molar-refractivity contribution in [1.82, 2.24) is 0 Å². The molecule has 0 spiro atoms. The highest BCUT2D eigenvalue weighted by Gasteiger charge is 2.26. The van der Waals surface area contributed by atoms with Crippen molar-refractivity contribution in [3.63, 3.8) is 0 Å². The van der Waals surface area contributed by atoms with Gasteiger partial charge in [0.25, 0.3) is 23.6 Å². The van der Waals surface area contributed by atoms with Gasteiger partial charge >= 0.3 is 5.97 Å². The quantitative estimate of drug-likeness (QED) is 0.116. The van der Waals surface area contributed by atoms with Crippen molar-refractivity contribution in [1.29, 1.82) is 0 Å². The summed E-state index contributed by atoms with van der Waals surface area (Å²) in [4.78, 5) is 75.1. The lowest BCUT2D eigenvalue weighted by atomic mass is 9.99. The van der Waals surface area contributed by atoms with Crippen LogP contribution in [-0.4, -0.2) is 35.4 Å². The number of ketones is 1. The zero-order valence-electron chi connectivity index (χ0n) is 24.3. The highest BCUT2D eigenvalue weighted by Crippen LogP contribution is 2.26. The Hall–Kier alpha value is -6.22. The van der Waals surface area contributed by atoms with Crippen LogP contribution in [0.1, 0.15) is 40.1 Å². The number of rotatable bonds is 7. The summed E-state index contributed by atoms with van der Waals surface area (Å²) >= 11 is 0. The number of hydrogen-bond acceptors (Lipinski definition) is 7. The lowest BCUT2D eigenvalue weighted by molar-refractivity contribution is -0.121. The number of benzene rings is 4. The van der Waals surface area contributed by atoms with Crippen molar-refractivity contribution in [3.8, 4) is 16.9 Å². The van der Waals surface area contributed by atoms with E-state index in [1.165, 1.54) is 48.6 Å². The van der Waals surface area contributed by atoms with Gasteiger partial charge in [0.15, 0.2) is 5.78 Å². The summed E-state index contributed by atoms with van der Waals surface area (Å²) in [6.45, 7) is 4.00. The monoisotopic (exact) mass is 598 g/mol. The normalized spacial score (nSPS) is 13.6. The smallest absolute Gasteiger partial charge is 0.343 e. The van der Waals surface area contributed by atoms with Gasteiger partial charge in [-0.25, -0.2) is 14.6 Å². The van der Waals surface area contributed by atoms with Crippen molar-refractivity contribution < 1.29 is 33.5 Å². The van der Waals surface area contributed by atoms with Crippen molar-refractivity contribution >= 4 is 46.8 Å². The van der Waals surface area contributed by atoms with Gasteiger partial charge in [0, 0.05) is 35.4 Å². The van der Waals surface area contributed by atoms with Crippen molar-refractivity contribution in [2.45, 2.75) is 13.8 Å². The lowest BCUT2D eigenvalue weighted by Gasteiger charge is -2.14. The van der Waals surface area contributed by atoms with Gasteiger partial charge in [-0.1, -0.05) is 50.2 Å². The number of amides is 4. The van der Waals surface area contributed by atoms with E-state index in [2.05, 4.69) is 0 Å². The Morgan fingerprint density at radius 3 is 1.20 bits per heavy atom. The maximum absolute atomic E-state index is 13.0. The number of carbonyl (C=O) groups excluding carboxylic acids is 6. The van der Waals surface area contributed by atoms with Crippen LogP contribution in [0.4, 0.5) is 11.4 Å². The van der Waals surface area contributed by atoms with Crippen LogP contribution in [0.25, 0.3) is 11.1 Å². The van der Waals surface area contributed by atoms with E-state index in [4.69, 9.17) is 4.74 Å². The SMILES string of the molecule is CC.O=C(Oc1ccc(-c2ccc(C(=O)c3ccc(N4C(=O)C=CC4=O)cc3)cc2)cc1)c1ccc(N2C(=O)C=CC2=O)cc1. The molecule has 9 nitrogen and oxygen atoms in total. The predicted octanol–water partition coefficient (Wildman–Crippen LogP) is 5.69. The number of imide groups is 2. The third-order valence-electron chi connectivity index (χ3n) is 6.91. The first-order chi connectivity index (χ1) is 21.8. The van der Waals surface area contributed by atoms with Gasteiger partial charge in [0.2, 0.25) is 0 Å². The maximum atomic E-state index is 13.0. The molecule has 0 N–H and O–H groups in total. The van der Waals surface area contributed by atoms with Crippen LogP contribution in [-0.2, 0) is 19.2 Å². The maximum Gasteiger partial charge on any atom is 0.343 e. The average Bonchev–Trinajstić information content (AvgIpc) is 3.60. The minimum atomic E-state index is -0.595. The van der Waals surface area contributed by atoms with Crippen LogP contribution < -0.4 is 14.5 Å². The molecule has 45 heavy (non-hydrogen) atoms. The van der Waals surface area contributed by atoms with Crippen LogP contribution in [0.15, 0.2) is 121 Å². The Bertz CT molecular complexity index is 1830. The van der Waals surface area contributed by atoms with Gasteiger partial charge in [-0.3, -0.25) is 24.0 Å². The Morgan fingerprint density at radius 1 is 0.467 bits per heavy atom. The fourth-order valence-corrected chi connectivity index (χ4v) is 4.68. The first-order valence-electron chi connectivity index (χ1n) is 14.1. The summed E-state index contributed by atoms with van der Waals surface area (Å²) < 4.78 is 5.46. The summed E-state index contributed by atoms with van der Waals surface area (Å²) in [6.07, 6.45) is 4.78. The molecule has 6 rings (SSSR count). The number of esters is 1. The average molecular weight is 599 g/mol. The second-order valence-corrected chi connectivity index (χ2v) is 9.60. The van der Waals surface area contributed by atoms with E-state index in [0.717, 1.165) is 20.9 Å². The number of hydrogen-bond donors (Lipinski definition) is 0. The van der Waals surface area contributed by atoms with Gasteiger partial charge in [-0.15, -0.1) is 0 Å². The van der Waals surface area contributed by atoms with Gasteiger partial charge in [0.05, 0.1) is 16.9 Å². The molecule has 2 heterocycles. The summed E-state index contributed by atoms with van der Waals surface area (Å²) in [6, 6.07) is 26.2. The van der Waals surface area contributed by atoms with E-state index in [1.807, 2.05) is 26.0 Å². The molecular weight excluding hydrogens is 572 g/mol. The number of carbonyl (C=O) groups is 6. The summed E-state index contributed by atoms with van der Waals surface area (Å²) in [5, 5.41) is 0. The number of anilines is 2. The van der Waals surface area contributed by atoms with E-state index in [1.54, 1.807) is 60.7 Å². The van der Waals surface area contributed by atoms with Gasteiger partial charge in [0.1, 0.15) is 5.75 Å². The van der Waals surface area contributed by atoms with E-state index >= 15 is 0 Å². The fourth-order valence-electron chi connectivity index (χ4n) is 4.68. The van der Waals surface area contributed by atoms with Crippen LogP contribution in [0.2, 0.25) is 0 Å². The van der Waals surface area contributed by atoms with Crippen LogP contribution in [0.5, 0.6) is 5.75 Å². The highest BCUT2D eigenvalue weighted by atomic mass is 16.5. The van der Waals surface area contributed by atoms with Gasteiger partial charge in [-0.2, -0.15) is 0 Å². The molecule has 0 bridgehead atoms. The fraction of sp³-hybridized carbons (Fsp3) is 0.0556. The molecule has 0 aliphatic carbocycles. The molecule has 0 atom stereocenters. The minimum absolute atomic E-state index is 0.208. The van der Waals surface area contributed by atoms with E-state index < -0.39 is 29.6 Å². The molecule has 2 aliphatic heterocycles. The predicted molar refractivity (Wildman–Crippen MR) is 168 cm³/mol. The number of nitrogens with zero attached hydrogens (tertiary/aromatic N) is 2. The number of ether oxygens (including phenoxy) is 1. The van der Waals surface area contributed by atoms with Crippen LogP contribution in [0, 0.1) is 0 Å². The standard InChI is InChI=1S/C34H20N2O7.C2H6/c37-29-17-18-30(38)35(29)26-11-5-24(6-12-26)33(41)23-3-1-21(2-4-23)22-9-15-28(16-10-22)43-34(42)25-7-13-27(14-8-25)36-31(39)19-20-32(36)40;1-2/h1-20H;1-2H3. The Morgan fingerprint density at radius 2 is 0.800 bits per heavy atom. The molecule has 0 saturated carbocycles. The van der Waals surface area contributed by atoms with Crippen LogP contribution >= 0.6 is 0 Å². The molecule has 9 heteroatoms. The molecule has 222 valence electrons. The Kier molecular flexibility index (Phi) is 8.72. The topological polar surface area (TPSA) is 118 Å². The minimum Gasteiger partial charge on any atom is -0.423 e. The largest absolute Gasteiger partial charge is 0.423 e. The molecule has 0 aromatic heterocycles. The Labute approximate surface area is 258 Å². The van der Waals surface area contributed by atoms with Crippen LogP contribution in [0.3, 0.4) is 0 Å². The molecule has 2 aliphatic rings. The molecule has 0 fully saturated rings. The summed E-state index contributed by atoms with van der Waals surface area (Å²) in [5.74, 6) is -2.21. The zero-order valence-corrected chi connectivity index (χ0v) is 24.3. The van der Waals surface area contributed by atoms with E-state index in [9.17, 15) is 28.8 Å². The van der Waals surface area contributed by atoms with Gasteiger partial charge in [-0.05, 0) is 71.8 Å². The first kappa shape index (κ1) is 30.2. The van der Waals surface area contributed by atoms with Crippen molar-refractivity contribution in [2.24, 2.45) is 0 Å². The second-order valence-electron chi connectivity index (χ2n) is 9.60.